The van der Waals surface area contributed by atoms with Crippen molar-refractivity contribution in [3.8, 4) is 23.1 Å². The molecule has 16 heavy (non-hydrogen) atoms. The van der Waals surface area contributed by atoms with Crippen molar-refractivity contribution < 1.29 is 9.15 Å². The number of hydrogen-bond acceptors (Lipinski definition) is 4. The summed E-state index contributed by atoms with van der Waals surface area (Å²) in [6.45, 7) is 0. The summed E-state index contributed by atoms with van der Waals surface area (Å²) in [5.41, 5.74) is 6.66. The number of methoxy groups -OCH3 is 1. The van der Waals surface area contributed by atoms with Crippen molar-refractivity contribution in [2.75, 3.05) is 12.8 Å². The van der Waals surface area contributed by atoms with Crippen molar-refractivity contribution in [2.24, 2.45) is 0 Å². The van der Waals surface area contributed by atoms with Gasteiger partial charge in [-0.3, -0.25) is 0 Å². The molecule has 0 radical (unpaired) electrons. The average Bonchev–Trinajstić information content (AvgIpc) is 2.70. The lowest BCUT2D eigenvalue weighted by Crippen LogP contribution is -1.85. The summed E-state index contributed by atoms with van der Waals surface area (Å²) >= 11 is 0. The largest absolute Gasteiger partial charge is 0.496 e. The molecule has 80 valence electrons. The molecule has 0 saturated carbocycles. The molecule has 2 N–H and O–H groups in total. The van der Waals surface area contributed by atoms with Gasteiger partial charge in [0, 0.05) is 6.07 Å². The van der Waals surface area contributed by atoms with Crippen LogP contribution in [-0.4, -0.2) is 7.11 Å². The first-order valence-electron chi connectivity index (χ1n) is 4.69. The normalized spacial score (nSPS) is 9.75. The Balaban J connectivity index is 2.55. The van der Waals surface area contributed by atoms with Crippen LogP contribution in [0.25, 0.3) is 11.3 Å². The summed E-state index contributed by atoms with van der Waals surface area (Å²) in [5, 5.41) is 8.78. The van der Waals surface area contributed by atoms with Gasteiger partial charge < -0.3 is 14.9 Å². The second-order valence-electron chi connectivity index (χ2n) is 3.20. The molecule has 0 fully saturated rings. The number of benzene rings is 1. The molecule has 0 aliphatic heterocycles. The Labute approximate surface area is 92.9 Å². The Hall–Kier alpha value is -2.41. The Morgan fingerprint density at radius 1 is 1.38 bits per heavy atom. The number of para-hydroxylation sites is 1. The lowest BCUT2D eigenvalue weighted by molar-refractivity contribution is 0.415. The van der Waals surface area contributed by atoms with Gasteiger partial charge in [-0.05, 0) is 12.1 Å². The van der Waals surface area contributed by atoms with Crippen LogP contribution >= 0.6 is 0 Å². The quantitative estimate of drug-likeness (QED) is 0.833. The average molecular weight is 214 g/mol. The molecule has 2 rings (SSSR count). The highest BCUT2D eigenvalue weighted by molar-refractivity contribution is 5.69. The Morgan fingerprint density at radius 2 is 2.12 bits per heavy atom. The van der Waals surface area contributed by atoms with Crippen molar-refractivity contribution in [1.82, 2.24) is 0 Å². The number of nitrogens with two attached hydrogens (primary N) is 1. The van der Waals surface area contributed by atoms with Crippen LogP contribution in [0.1, 0.15) is 5.56 Å². The molecule has 0 atom stereocenters. The van der Waals surface area contributed by atoms with Gasteiger partial charge in [0.25, 0.3) is 0 Å². The van der Waals surface area contributed by atoms with Crippen LogP contribution in [-0.2, 0) is 0 Å². The minimum Gasteiger partial charge on any atom is -0.496 e. The summed E-state index contributed by atoms with van der Waals surface area (Å²) in [7, 11) is 1.58. The van der Waals surface area contributed by atoms with Crippen molar-refractivity contribution in [1.29, 1.82) is 5.26 Å². The van der Waals surface area contributed by atoms with E-state index in [4.69, 9.17) is 20.1 Å². The molecule has 0 unspecified atom stereocenters. The summed E-state index contributed by atoms with van der Waals surface area (Å²) in [6, 6.07) is 11.0. The molecule has 4 heteroatoms. The fourth-order valence-electron chi connectivity index (χ4n) is 1.47. The first-order valence-corrected chi connectivity index (χ1v) is 4.69. The third kappa shape index (κ3) is 1.59. The number of rotatable bonds is 2. The summed E-state index contributed by atoms with van der Waals surface area (Å²) in [4.78, 5) is 0. The van der Waals surface area contributed by atoms with Gasteiger partial charge in [-0.25, -0.2) is 0 Å². The van der Waals surface area contributed by atoms with E-state index in [2.05, 4.69) is 0 Å². The number of nitriles is 1. The van der Waals surface area contributed by atoms with Crippen LogP contribution in [0.4, 0.5) is 5.88 Å². The minimum atomic E-state index is 0.128. The zero-order valence-electron chi connectivity index (χ0n) is 8.73. The summed E-state index contributed by atoms with van der Waals surface area (Å²) < 4.78 is 10.5. The lowest BCUT2D eigenvalue weighted by Gasteiger charge is -2.04. The maximum absolute atomic E-state index is 8.78. The van der Waals surface area contributed by atoms with E-state index in [1.54, 1.807) is 13.2 Å². The number of nitrogen functional groups attached to an aromatic ring is 1. The standard InChI is InChI=1S/C12H10N2O2/c1-15-10-5-3-2-4-9(10)11-6-8(7-13)12(14)16-11/h2-6H,14H2,1H3. The highest BCUT2D eigenvalue weighted by atomic mass is 16.5. The van der Waals surface area contributed by atoms with Crippen LogP contribution in [0.5, 0.6) is 5.75 Å². The molecule has 0 aliphatic carbocycles. The molecule has 0 spiro atoms. The van der Waals surface area contributed by atoms with Gasteiger partial charge in [0.2, 0.25) is 5.88 Å². The third-order valence-electron chi connectivity index (χ3n) is 2.25. The molecule has 1 heterocycles. The smallest absolute Gasteiger partial charge is 0.208 e. The fraction of sp³-hybridized carbons (Fsp3) is 0.0833. The van der Waals surface area contributed by atoms with Gasteiger partial charge in [-0.2, -0.15) is 5.26 Å². The van der Waals surface area contributed by atoms with E-state index in [-0.39, 0.29) is 5.88 Å². The number of hydrogen-bond donors (Lipinski definition) is 1. The highest BCUT2D eigenvalue weighted by Gasteiger charge is 2.12. The van der Waals surface area contributed by atoms with Crippen LogP contribution in [0.2, 0.25) is 0 Å². The first-order chi connectivity index (χ1) is 7.76. The molecule has 0 bridgehead atoms. The molecular formula is C12H10N2O2. The van der Waals surface area contributed by atoms with Crippen molar-refractivity contribution in [3.05, 3.63) is 35.9 Å². The van der Waals surface area contributed by atoms with Gasteiger partial charge in [-0.1, -0.05) is 12.1 Å². The van der Waals surface area contributed by atoms with E-state index in [9.17, 15) is 0 Å². The van der Waals surface area contributed by atoms with E-state index in [0.29, 0.717) is 17.1 Å². The molecule has 2 aromatic rings. The zero-order chi connectivity index (χ0) is 11.5. The van der Waals surface area contributed by atoms with Crippen LogP contribution in [0.3, 0.4) is 0 Å². The Morgan fingerprint density at radius 3 is 2.75 bits per heavy atom. The fourth-order valence-corrected chi connectivity index (χ4v) is 1.47. The van der Waals surface area contributed by atoms with Crippen LogP contribution in [0.15, 0.2) is 34.7 Å². The number of furan rings is 1. The van der Waals surface area contributed by atoms with Crippen LogP contribution < -0.4 is 10.5 Å². The predicted octanol–water partition coefficient (Wildman–Crippen LogP) is 2.41. The van der Waals surface area contributed by atoms with E-state index in [1.807, 2.05) is 30.3 Å². The highest BCUT2D eigenvalue weighted by Crippen LogP contribution is 2.33. The van der Waals surface area contributed by atoms with E-state index in [0.717, 1.165) is 5.56 Å². The predicted molar refractivity (Wildman–Crippen MR) is 59.8 cm³/mol. The second kappa shape index (κ2) is 3.99. The molecule has 0 amide bonds. The summed E-state index contributed by atoms with van der Waals surface area (Å²) in [6.07, 6.45) is 0. The van der Waals surface area contributed by atoms with Crippen molar-refractivity contribution in [3.63, 3.8) is 0 Å². The number of anilines is 1. The van der Waals surface area contributed by atoms with E-state index in [1.165, 1.54) is 0 Å². The molecule has 1 aromatic carbocycles. The monoisotopic (exact) mass is 214 g/mol. The maximum Gasteiger partial charge on any atom is 0.208 e. The van der Waals surface area contributed by atoms with Gasteiger partial charge in [-0.15, -0.1) is 0 Å². The SMILES string of the molecule is COc1ccccc1-c1cc(C#N)c(N)o1. The zero-order valence-corrected chi connectivity index (χ0v) is 8.73. The summed E-state index contributed by atoms with van der Waals surface area (Å²) in [5.74, 6) is 1.34. The third-order valence-corrected chi connectivity index (χ3v) is 2.25. The van der Waals surface area contributed by atoms with E-state index >= 15 is 0 Å². The van der Waals surface area contributed by atoms with Crippen molar-refractivity contribution >= 4 is 5.88 Å². The van der Waals surface area contributed by atoms with Gasteiger partial charge >= 0.3 is 0 Å². The molecule has 1 aromatic heterocycles. The molecule has 0 saturated heterocycles. The van der Waals surface area contributed by atoms with Gasteiger partial charge in [0.05, 0.1) is 12.7 Å². The van der Waals surface area contributed by atoms with Crippen molar-refractivity contribution in [2.45, 2.75) is 0 Å². The first kappa shape index (κ1) is 10.1. The van der Waals surface area contributed by atoms with E-state index < -0.39 is 0 Å². The molecule has 4 nitrogen and oxygen atoms in total. The second-order valence-corrected chi connectivity index (χ2v) is 3.20. The Bertz CT molecular complexity index is 552. The van der Waals surface area contributed by atoms with Gasteiger partial charge in [0.15, 0.2) is 0 Å². The topological polar surface area (TPSA) is 72.2 Å². The number of ether oxygens (including phenoxy) is 1. The maximum atomic E-state index is 8.78. The van der Waals surface area contributed by atoms with Crippen LogP contribution in [0, 0.1) is 11.3 Å². The molecule has 0 aliphatic rings. The molecular weight excluding hydrogens is 204 g/mol. The lowest BCUT2D eigenvalue weighted by atomic mass is 10.1. The number of nitrogens with zero attached hydrogens (tertiary/aromatic N) is 1. The van der Waals surface area contributed by atoms with Gasteiger partial charge in [0.1, 0.15) is 23.1 Å². The Kier molecular flexibility index (Phi) is 2.52. The minimum absolute atomic E-state index is 0.128.